The van der Waals surface area contributed by atoms with Gasteiger partial charge in [-0.3, -0.25) is 14.4 Å². The Labute approximate surface area is 581 Å². The third-order valence-electron chi connectivity index (χ3n) is 17.5. The molecular weight excluding hydrogens is 1460 g/mol. The number of nitrogens with zero attached hydrogens (tertiary/aromatic N) is 4. The van der Waals surface area contributed by atoms with E-state index in [9.17, 15) is 127 Å². The van der Waals surface area contributed by atoms with E-state index in [1.165, 1.54) is 34.1 Å². The number of likely N-dealkylation sites (N-methyl/N-ethyl adjacent to an activating group) is 2. The summed E-state index contributed by atoms with van der Waals surface area (Å²) in [6.07, 6.45) is -43.9. The molecule has 4 aliphatic heterocycles. The summed E-state index contributed by atoms with van der Waals surface area (Å²) in [6.45, 7) is -6.41. The van der Waals surface area contributed by atoms with Gasteiger partial charge in [0.05, 0.1) is 86.1 Å². The number of alkyl halides is 12. The van der Waals surface area contributed by atoms with Crippen LogP contribution in [0.15, 0.2) is 84.9 Å². The first-order chi connectivity index (χ1) is 48.7. The Morgan fingerprint density at radius 3 is 1.12 bits per heavy atom. The number of aliphatic hydroxyl groups excluding tert-OH is 10. The Kier molecular flexibility index (Phi) is 27.6. The number of morpholine rings is 2. The van der Waals surface area contributed by atoms with Crippen LogP contribution < -0.4 is 32.1 Å². The van der Waals surface area contributed by atoms with Gasteiger partial charge in [0.15, 0.2) is 12.6 Å². The normalized spacial score (nSPS) is 25.2. The predicted molar refractivity (Wildman–Crippen MR) is 325 cm³/mol. The second kappa shape index (κ2) is 34.4. The number of benzene rings is 4. The van der Waals surface area contributed by atoms with Gasteiger partial charge in [-0.2, -0.15) is 72.8 Å². The Morgan fingerprint density at radius 2 is 0.837 bits per heavy atom. The molecule has 4 unspecified atom stereocenters. The molecule has 16 N–H and O–H groups in total. The number of hydrogen-bond acceptors (Lipinski definition) is 25. The third kappa shape index (κ3) is 19.9. The predicted octanol–water partition coefficient (Wildman–Crippen LogP) is 1.41. The zero-order valence-electron chi connectivity index (χ0n) is 54.4. The van der Waals surface area contributed by atoms with E-state index in [4.69, 9.17) is 28.2 Å². The van der Waals surface area contributed by atoms with Gasteiger partial charge in [0.2, 0.25) is 0 Å². The molecule has 16 atom stereocenters. The number of hydrazine groups is 2. The van der Waals surface area contributed by atoms with Crippen molar-refractivity contribution >= 4 is 20.3 Å². The van der Waals surface area contributed by atoms with E-state index in [1.807, 2.05) is 0 Å². The number of carbonyl (C=O) groups excluding carboxylic acids is 2. The van der Waals surface area contributed by atoms with Gasteiger partial charge in [0.1, 0.15) is 71.8 Å². The minimum absolute atomic E-state index is 0.0738. The maximum Gasteiger partial charge on any atom is 0.416 e. The molecule has 4 fully saturated rings. The Morgan fingerprint density at radius 1 is 0.519 bits per heavy atom. The van der Waals surface area contributed by atoms with Crippen LogP contribution in [-0.4, -0.2) is 248 Å². The van der Waals surface area contributed by atoms with Crippen molar-refractivity contribution in [3.05, 3.63) is 141 Å². The molecule has 0 saturated carbocycles. The second-order valence-corrected chi connectivity index (χ2v) is 25.4. The first kappa shape index (κ1) is 83.4. The first-order valence-electron chi connectivity index (χ1n) is 31.4. The molecule has 4 aliphatic rings. The summed E-state index contributed by atoms with van der Waals surface area (Å²) in [5.74, 6) is -1.58. The number of urea groups is 2. The molecule has 0 spiro atoms. The highest BCUT2D eigenvalue weighted by Crippen LogP contribution is 2.42. The summed E-state index contributed by atoms with van der Waals surface area (Å²) in [5, 5.41) is 118. The highest BCUT2D eigenvalue weighted by molar-refractivity contribution is 7.33. The molecule has 104 heavy (non-hydrogen) atoms. The minimum Gasteiger partial charge on any atom is -0.394 e. The van der Waals surface area contributed by atoms with Gasteiger partial charge in [-0.15, -0.1) is 10.3 Å². The number of aliphatic hydroxyl groups is 10. The minimum atomic E-state index is -5.22. The number of rotatable bonds is 32. The highest BCUT2D eigenvalue weighted by Gasteiger charge is 2.58. The van der Waals surface area contributed by atoms with Crippen molar-refractivity contribution in [2.24, 2.45) is 0 Å². The van der Waals surface area contributed by atoms with E-state index in [0.29, 0.717) is 24.3 Å². The topological polar surface area (TPSA) is 394 Å². The van der Waals surface area contributed by atoms with Crippen molar-refractivity contribution in [2.75, 3.05) is 79.9 Å². The van der Waals surface area contributed by atoms with Crippen LogP contribution in [0.1, 0.15) is 56.6 Å². The lowest BCUT2D eigenvalue weighted by Crippen LogP contribution is -2.74. The van der Waals surface area contributed by atoms with E-state index < -0.39 is 239 Å². The summed E-state index contributed by atoms with van der Waals surface area (Å²) in [5.41, 5.74) is -7.07. The fraction of sp³-hybridized carbons (Fsp3) is 0.567. The molecule has 4 amide bonds. The van der Waals surface area contributed by atoms with Crippen molar-refractivity contribution in [3.8, 4) is 0 Å². The van der Waals surface area contributed by atoms with Crippen LogP contribution in [0.25, 0.3) is 0 Å². The van der Waals surface area contributed by atoms with E-state index in [0.717, 1.165) is 38.4 Å². The van der Waals surface area contributed by atoms with Crippen LogP contribution in [0.5, 0.6) is 0 Å². The molecule has 4 aromatic rings. The standard InChI is InChI=1S/C60H75F14N10O19P/c1-75-49(47(93)45(91)43(89)39(87)25-85)55(27-81-13-17-100-51(41(81)31-3-7-37(61)8-4-31)98-15-11-29-19-33(57(63,64)65)23-34(20-29)58(66,67)68)77-53(95)83(79-55)102-104(97)103-84-54(96)78-56(80-84,50(76-2)48(94)46(92)44(90)40(88)26-86)28-82-14-18-101-52(42(82)32-5-9-38(62)10-6-32)99-16-12-30-21-35(59(69,70)71)24-36(22-30)60(72,73)74/h3-10,19-24,39-52,75-76,79-80,85-94,104H,11-18,25-28H2,1-2H3,(H,77,95)(H,78,96)/t39-,40-,41+,42+,43-,44-,45+,46+,47-,48-,49?,50?,51-,52-,55?,56?/m1/s1. The summed E-state index contributed by atoms with van der Waals surface area (Å²) in [4.78, 5) is 31.5. The maximum absolute atomic E-state index is 14.6. The molecule has 0 radical (unpaired) electrons. The number of carbonyl (C=O) groups is 2. The Bertz CT molecular complexity index is 3250. The molecule has 8 rings (SSSR count). The van der Waals surface area contributed by atoms with Crippen LogP contribution in [0.3, 0.4) is 0 Å². The highest BCUT2D eigenvalue weighted by atomic mass is 31.1. The summed E-state index contributed by atoms with van der Waals surface area (Å²) >= 11 is 0. The van der Waals surface area contributed by atoms with Crippen LogP contribution in [0.2, 0.25) is 0 Å². The largest absolute Gasteiger partial charge is 0.416 e. The molecule has 0 bridgehead atoms. The lowest BCUT2D eigenvalue weighted by Gasteiger charge is -2.48. The average molecular weight is 1540 g/mol. The van der Waals surface area contributed by atoms with E-state index in [1.54, 1.807) is 0 Å². The lowest BCUT2D eigenvalue weighted by atomic mass is 9.88. The van der Waals surface area contributed by atoms with Crippen molar-refractivity contribution in [1.82, 2.24) is 52.3 Å². The second-order valence-electron chi connectivity index (χ2n) is 24.5. The van der Waals surface area contributed by atoms with Crippen LogP contribution in [0.4, 0.5) is 71.1 Å². The average Bonchev–Trinajstić information content (AvgIpc) is 1.56. The monoisotopic (exact) mass is 1540 g/mol. The number of amides is 4. The van der Waals surface area contributed by atoms with E-state index in [-0.39, 0.29) is 59.9 Å². The van der Waals surface area contributed by atoms with Gasteiger partial charge in [0, 0.05) is 26.2 Å². The smallest absolute Gasteiger partial charge is 0.394 e. The number of ether oxygens (including phenoxy) is 4. The van der Waals surface area contributed by atoms with Crippen LogP contribution in [0, 0.1) is 11.6 Å². The van der Waals surface area contributed by atoms with Crippen molar-refractivity contribution in [3.63, 3.8) is 0 Å². The molecule has 582 valence electrons. The van der Waals surface area contributed by atoms with Gasteiger partial charge in [-0.05, 0) is 110 Å². The van der Waals surface area contributed by atoms with Gasteiger partial charge in [-0.25, -0.2) is 18.4 Å². The van der Waals surface area contributed by atoms with E-state index in [2.05, 4.69) is 32.1 Å². The SMILES string of the molecule is CNC([C@H](O)[C@@H](O)[C@H](O)[C@H](O)CO)C1(CN2CCO[C@@H](OCCc3cc(C(F)(F)F)cc(C(F)(F)F)c3)[C@@H]2c2ccc(F)cc2)NC(=O)N(O[PH](=O)ON2NC(CN3CCO[C@@H](OCCc4cc(C(F)(F)F)cc(C(F)(F)F)c4)[C@@H]3c3ccc(F)cc3)(C(NC)[C@H](O)[C@@H](O)[C@H](O)[C@H](O)CO)NC2=O)N1. The van der Waals surface area contributed by atoms with Crippen LogP contribution >= 0.6 is 8.25 Å². The van der Waals surface area contributed by atoms with Gasteiger partial charge in [0.25, 0.3) is 0 Å². The molecular formula is C60H75F14N10O19P. The number of hydroxylamine groups is 2. The van der Waals surface area contributed by atoms with Crippen molar-refractivity contribution in [2.45, 2.75) is 134 Å². The molecule has 0 aromatic heterocycles. The summed E-state index contributed by atoms with van der Waals surface area (Å²) in [6, 6.07) is 1.02. The number of hydrogen-bond donors (Lipinski definition) is 16. The molecule has 4 aromatic carbocycles. The zero-order valence-corrected chi connectivity index (χ0v) is 55.4. The fourth-order valence-corrected chi connectivity index (χ4v) is 13.0. The first-order valence-corrected chi connectivity index (χ1v) is 32.6. The maximum atomic E-state index is 14.6. The lowest BCUT2D eigenvalue weighted by molar-refractivity contribution is -0.216. The molecule has 4 saturated heterocycles. The molecule has 44 heteroatoms. The van der Waals surface area contributed by atoms with Crippen molar-refractivity contribution < 1.29 is 155 Å². The third-order valence-corrected chi connectivity index (χ3v) is 18.1. The van der Waals surface area contributed by atoms with Gasteiger partial charge < -0.3 is 91.3 Å². The fourth-order valence-electron chi connectivity index (χ4n) is 12.4. The molecule has 0 aliphatic carbocycles. The van der Waals surface area contributed by atoms with E-state index >= 15 is 0 Å². The van der Waals surface area contributed by atoms with Gasteiger partial charge >= 0.3 is 45.0 Å². The van der Waals surface area contributed by atoms with Crippen LogP contribution in [-0.2, 0) is 70.3 Å². The summed E-state index contributed by atoms with van der Waals surface area (Å²) < 4.78 is 244. The number of nitrogens with one attached hydrogen (secondary N) is 6. The Balaban J connectivity index is 1.10. The molecule has 4 heterocycles. The van der Waals surface area contributed by atoms with Gasteiger partial charge in [-0.1, -0.05) is 24.3 Å². The zero-order chi connectivity index (χ0) is 76.8. The molecule has 29 nitrogen and oxygen atoms in total. The number of halogens is 14. The quantitative estimate of drug-likeness (QED) is 0.0243. The summed E-state index contributed by atoms with van der Waals surface area (Å²) in [7, 11) is -2.30. The van der Waals surface area contributed by atoms with Crippen molar-refractivity contribution in [1.29, 1.82) is 0 Å². The Hall–Kier alpha value is -6.21.